The van der Waals surface area contributed by atoms with Gasteiger partial charge in [0.1, 0.15) is 19.0 Å². The van der Waals surface area contributed by atoms with Gasteiger partial charge in [0.15, 0.2) is 34.2 Å². The van der Waals surface area contributed by atoms with Crippen LogP contribution < -0.4 is 15.2 Å². The summed E-state index contributed by atoms with van der Waals surface area (Å²) in [6.07, 6.45) is 7.51. The van der Waals surface area contributed by atoms with Gasteiger partial charge in [0.05, 0.1) is 26.0 Å². The molecule has 7 heterocycles. The van der Waals surface area contributed by atoms with Crippen LogP contribution in [0, 0.1) is 41.5 Å². The third kappa shape index (κ3) is 12.1. The van der Waals surface area contributed by atoms with E-state index in [0.29, 0.717) is 30.3 Å². The lowest BCUT2D eigenvalue weighted by Gasteiger charge is -2.10. The molecule has 330 valence electrons. The number of hydrogen-bond acceptors (Lipinski definition) is 8. The number of pyridine rings is 4. The molecule has 7 aromatic heterocycles. The number of fused-ring (bicyclic) bond motifs is 3. The highest BCUT2D eigenvalue weighted by Gasteiger charge is 2.15. The first-order valence-electron chi connectivity index (χ1n) is 19.9. The van der Waals surface area contributed by atoms with Crippen LogP contribution in [0.25, 0.3) is 16.9 Å². The van der Waals surface area contributed by atoms with Gasteiger partial charge in [-0.15, -0.1) is 0 Å². The van der Waals surface area contributed by atoms with E-state index in [1.54, 1.807) is 19.2 Å². The van der Waals surface area contributed by atoms with Crippen LogP contribution in [-0.4, -0.2) is 38.9 Å². The zero-order valence-corrected chi connectivity index (χ0v) is 44.1. The summed E-state index contributed by atoms with van der Waals surface area (Å²) in [6, 6.07) is 27.7. The Bertz CT molecular complexity index is 3080. The van der Waals surface area contributed by atoms with Gasteiger partial charge in [0.2, 0.25) is 0 Å². The minimum atomic E-state index is 0.0113. The molecule has 0 spiro atoms. The van der Waals surface area contributed by atoms with Crippen molar-refractivity contribution >= 4 is 108 Å². The normalized spacial score (nSPS) is 10.8. The highest BCUT2D eigenvalue weighted by atomic mass is 79.9. The minimum absolute atomic E-state index is 0.0113. The molecule has 0 fully saturated rings. The summed E-state index contributed by atoms with van der Waals surface area (Å²) in [6.45, 7) is 14.6. The van der Waals surface area contributed by atoms with E-state index < -0.39 is 0 Å². The molecule has 0 saturated heterocycles. The smallest absolute Gasteiger partial charge is 0.180 e. The van der Waals surface area contributed by atoms with Crippen LogP contribution in [0.3, 0.4) is 0 Å². The minimum Gasteiger partial charge on any atom is -0.485 e. The van der Waals surface area contributed by atoms with E-state index in [-0.39, 0.29) is 5.78 Å². The molecule has 2 aromatic carbocycles. The van der Waals surface area contributed by atoms with Gasteiger partial charge in [0, 0.05) is 60.9 Å². The van der Waals surface area contributed by atoms with Crippen LogP contribution in [0.5, 0.6) is 11.5 Å². The largest absolute Gasteiger partial charge is 0.485 e. The number of carbonyl (C=O) groups excluding carboxylic acids is 1. The monoisotopic (exact) mass is 1180 g/mol. The van der Waals surface area contributed by atoms with Crippen molar-refractivity contribution in [3.63, 3.8) is 0 Å². The van der Waals surface area contributed by atoms with Crippen LogP contribution in [0.2, 0.25) is 0 Å². The van der Waals surface area contributed by atoms with Crippen molar-refractivity contribution in [2.75, 3.05) is 5.73 Å². The standard InChI is InChI=1S/C18H18N2O2.C16H15BrN2O.C9H8Br2N2.C5H4Br2N2/c1-12-13(2)20-10-16(14(3)21)9-17(18(20)19-12)22-11-15-7-5-4-6-8-15;1-11-12(2)19-9-14(17)8-15(16(19)18-11)20-10-13-6-4-3-5-7-13;1-5-6(2)13-4-7(10)3-8(11)9(13)12-5;6-3-1-4(7)5(8)9-2-3/h4-10H,11H2,1-3H3;3-9H,10H2,1-2H3;3-4H,1-2H3;1-2H,(H2,8,9). The fourth-order valence-electron chi connectivity index (χ4n) is 6.25. The number of rotatable bonds is 7. The molecule has 9 aromatic rings. The van der Waals surface area contributed by atoms with Gasteiger partial charge in [-0.25, -0.2) is 19.9 Å². The lowest BCUT2D eigenvalue weighted by molar-refractivity contribution is 0.101. The zero-order chi connectivity index (χ0) is 46.2. The molecule has 11 nitrogen and oxygen atoms in total. The highest BCUT2D eigenvalue weighted by Crippen LogP contribution is 2.29. The van der Waals surface area contributed by atoms with Crippen LogP contribution >= 0.6 is 79.6 Å². The number of benzene rings is 2. The molecule has 0 aliphatic heterocycles. The van der Waals surface area contributed by atoms with Gasteiger partial charge in [-0.2, -0.15) is 0 Å². The van der Waals surface area contributed by atoms with Gasteiger partial charge < -0.3 is 24.0 Å². The SMILES string of the molecule is CC(=O)c1cc(OCc2ccccc2)c2nc(C)c(C)n2c1.Cc1nc2c(Br)cc(Br)cn2c1C.Cc1nc2c(OCc3ccccc3)cc(Br)cn2c1C.Nc1ncc(Br)cc1Br. The molecule has 0 unspecified atom stereocenters. The van der Waals surface area contributed by atoms with Crippen molar-refractivity contribution in [1.29, 1.82) is 0 Å². The number of nitrogens with zero attached hydrogens (tertiary/aromatic N) is 7. The topological polar surface area (TPSA) is 126 Å². The number of nitrogens with two attached hydrogens (primary N) is 1. The number of ether oxygens (including phenoxy) is 2. The second-order valence-corrected chi connectivity index (χ2v) is 19.1. The van der Waals surface area contributed by atoms with E-state index in [9.17, 15) is 4.79 Å². The average Bonchev–Trinajstić information content (AvgIpc) is 3.85. The number of carbonyl (C=O) groups is 1. The Kier molecular flexibility index (Phi) is 16.6. The predicted octanol–water partition coefficient (Wildman–Crippen LogP) is 13.7. The van der Waals surface area contributed by atoms with Crippen molar-refractivity contribution < 1.29 is 14.3 Å². The number of ketones is 1. The van der Waals surface area contributed by atoms with Crippen molar-refractivity contribution in [3.05, 3.63) is 183 Å². The number of halogens is 5. The van der Waals surface area contributed by atoms with Crippen molar-refractivity contribution in [2.24, 2.45) is 0 Å². The summed E-state index contributed by atoms with van der Waals surface area (Å²) in [5.74, 6) is 1.95. The molecule has 0 aliphatic carbocycles. The second-order valence-electron chi connectivity index (χ2n) is 14.7. The third-order valence-corrected chi connectivity index (χ3v) is 12.6. The third-order valence-electron chi connectivity index (χ3n) is 10.1. The molecule has 64 heavy (non-hydrogen) atoms. The molecule has 0 radical (unpaired) electrons. The van der Waals surface area contributed by atoms with E-state index in [1.165, 1.54) is 5.69 Å². The summed E-state index contributed by atoms with van der Waals surface area (Å²) >= 11 is 16.9. The lowest BCUT2D eigenvalue weighted by atomic mass is 10.2. The van der Waals surface area contributed by atoms with Crippen LogP contribution in [0.15, 0.2) is 132 Å². The number of aromatic nitrogens is 7. The maximum atomic E-state index is 11.7. The van der Waals surface area contributed by atoms with Gasteiger partial charge in [-0.3, -0.25) is 9.20 Å². The molecule has 0 saturated carbocycles. The Morgan fingerprint density at radius 3 is 1.45 bits per heavy atom. The van der Waals surface area contributed by atoms with Gasteiger partial charge in [0.25, 0.3) is 0 Å². The first-order chi connectivity index (χ1) is 30.5. The summed E-state index contributed by atoms with van der Waals surface area (Å²) in [7, 11) is 0. The zero-order valence-electron chi connectivity index (χ0n) is 36.1. The van der Waals surface area contributed by atoms with Crippen molar-refractivity contribution in [2.45, 2.75) is 61.7 Å². The van der Waals surface area contributed by atoms with E-state index >= 15 is 0 Å². The molecule has 2 N–H and O–H groups in total. The van der Waals surface area contributed by atoms with Gasteiger partial charge >= 0.3 is 0 Å². The van der Waals surface area contributed by atoms with Crippen LogP contribution in [0.4, 0.5) is 5.82 Å². The number of hydrogen-bond donors (Lipinski definition) is 1. The first-order valence-corrected chi connectivity index (χ1v) is 23.8. The number of Topliss-reactive ketones (excluding diaryl/α,β-unsaturated/α-hetero) is 1. The molecule has 0 aliphatic rings. The van der Waals surface area contributed by atoms with E-state index in [2.05, 4.69) is 134 Å². The number of anilines is 1. The molecule has 0 amide bonds. The van der Waals surface area contributed by atoms with Crippen molar-refractivity contribution in [1.82, 2.24) is 33.1 Å². The quantitative estimate of drug-likeness (QED) is 0.156. The van der Waals surface area contributed by atoms with Gasteiger partial charge in [-0.1, -0.05) is 60.7 Å². The maximum absolute atomic E-state index is 11.7. The maximum Gasteiger partial charge on any atom is 0.180 e. The fourth-order valence-corrected chi connectivity index (χ4v) is 8.92. The number of imidazole rings is 3. The highest BCUT2D eigenvalue weighted by molar-refractivity contribution is 9.11. The molecule has 0 atom stereocenters. The Morgan fingerprint density at radius 2 is 0.984 bits per heavy atom. The first kappa shape index (κ1) is 48.6. The van der Waals surface area contributed by atoms with E-state index in [0.717, 1.165) is 84.7 Å². The summed E-state index contributed by atoms with van der Waals surface area (Å²) in [4.78, 5) is 29.2. The second kappa shape index (κ2) is 21.9. The molecule has 16 heteroatoms. The molecule has 9 rings (SSSR count). The summed E-state index contributed by atoms with van der Waals surface area (Å²) < 4.78 is 22.7. The van der Waals surface area contributed by atoms with Crippen LogP contribution in [-0.2, 0) is 13.2 Å². The Morgan fingerprint density at radius 1 is 0.562 bits per heavy atom. The summed E-state index contributed by atoms with van der Waals surface area (Å²) in [5, 5.41) is 0. The van der Waals surface area contributed by atoms with E-state index in [4.69, 9.17) is 15.2 Å². The van der Waals surface area contributed by atoms with Crippen molar-refractivity contribution in [3.8, 4) is 11.5 Å². The Balaban J connectivity index is 0.000000149. The molecular weight excluding hydrogens is 1140 g/mol. The lowest BCUT2D eigenvalue weighted by Crippen LogP contribution is -2.02. The average molecular weight is 1180 g/mol. The predicted molar refractivity (Wildman–Crippen MR) is 273 cm³/mol. The molecular formula is C48H45Br5N8O3. The van der Waals surface area contributed by atoms with Gasteiger partial charge in [-0.05, 0) is 164 Å². The molecule has 0 bridgehead atoms. The summed E-state index contributed by atoms with van der Waals surface area (Å²) in [5.41, 5.74) is 17.2. The van der Waals surface area contributed by atoms with Crippen LogP contribution in [0.1, 0.15) is 62.6 Å². The number of aryl methyl sites for hydroxylation is 6. The van der Waals surface area contributed by atoms with E-state index in [1.807, 2.05) is 117 Å². The Labute approximate surface area is 414 Å². The fraction of sp³-hybridized carbons (Fsp3) is 0.188. The Hall–Kier alpha value is -4.87. The number of nitrogen functional groups attached to an aromatic ring is 1.